The SMILES string of the molecule is CN=C(NCc1ccccc1CN(C)C)N(C)Cc1cc(Cl)cn1C. The van der Waals surface area contributed by atoms with Crippen LogP contribution < -0.4 is 5.32 Å². The summed E-state index contributed by atoms with van der Waals surface area (Å²) in [7, 11) is 10.0. The Bertz CT molecular complexity index is 720. The number of aliphatic imine (C=N–C) groups is 1. The minimum absolute atomic E-state index is 0.738. The van der Waals surface area contributed by atoms with E-state index in [9.17, 15) is 0 Å². The maximum atomic E-state index is 6.07. The molecule has 0 aliphatic rings. The maximum Gasteiger partial charge on any atom is 0.194 e. The van der Waals surface area contributed by atoms with E-state index in [4.69, 9.17) is 11.6 Å². The molecule has 0 spiro atoms. The van der Waals surface area contributed by atoms with Gasteiger partial charge in [-0.1, -0.05) is 35.9 Å². The first-order valence-corrected chi connectivity index (χ1v) is 8.72. The van der Waals surface area contributed by atoms with E-state index in [1.54, 1.807) is 0 Å². The fraction of sp³-hybridized carbons (Fsp3) is 0.421. The number of guanidine groups is 1. The smallest absolute Gasteiger partial charge is 0.194 e. The third-order valence-corrected chi connectivity index (χ3v) is 4.30. The first kappa shape index (κ1) is 19.3. The van der Waals surface area contributed by atoms with E-state index in [1.807, 2.05) is 38.0 Å². The first-order chi connectivity index (χ1) is 11.9. The van der Waals surface area contributed by atoms with Gasteiger partial charge in [0.25, 0.3) is 0 Å². The van der Waals surface area contributed by atoms with Crippen LogP contribution in [0.3, 0.4) is 0 Å². The standard InChI is InChI=1S/C19H28ClN5/c1-21-19(25(5)14-18-10-17(20)13-24(18)4)22-11-15-8-6-7-9-16(15)12-23(2)3/h6-10,13H,11-12,14H2,1-5H3,(H,21,22). The molecule has 0 radical (unpaired) electrons. The molecule has 5 nitrogen and oxygen atoms in total. The molecule has 0 aliphatic heterocycles. The predicted octanol–water partition coefficient (Wildman–Crippen LogP) is 2.95. The Balaban J connectivity index is 2.02. The van der Waals surface area contributed by atoms with E-state index in [2.05, 4.69) is 58.5 Å². The topological polar surface area (TPSA) is 35.8 Å². The van der Waals surface area contributed by atoms with E-state index in [1.165, 1.54) is 11.1 Å². The van der Waals surface area contributed by atoms with Crippen LogP contribution in [0.1, 0.15) is 16.8 Å². The van der Waals surface area contributed by atoms with Gasteiger partial charge >= 0.3 is 0 Å². The lowest BCUT2D eigenvalue weighted by Gasteiger charge is -2.23. The summed E-state index contributed by atoms with van der Waals surface area (Å²) in [6.07, 6.45) is 1.92. The summed E-state index contributed by atoms with van der Waals surface area (Å²) in [5.74, 6) is 0.858. The van der Waals surface area contributed by atoms with Gasteiger partial charge in [0.15, 0.2) is 5.96 Å². The minimum Gasteiger partial charge on any atom is -0.352 e. The number of benzene rings is 1. The van der Waals surface area contributed by atoms with Crippen LogP contribution in [0, 0.1) is 0 Å². The third kappa shape index (κ3) is 5.51. The van der Waals surface area contributed by atoms with Crippen molar-refractivity contribution in [1.29, 1.82) is 0 Å². The van der Waals surface area contributed by atoms with Gasteiger partial charge in [-0.25, -0.2) is 0 Å². The van der Waals surface area contributed by atoms with Crippen LogP contribution in [0.5, 0.6) is 0 Å². The second-order valence-corrected chi connectivity index (χ2v) is 6.96. The van der Waals surface area contributed by atoms with Gasteiger partial charge in [0.1, 0.15) is 0 Å². The van der Waals surface area contributed by atoms with Crippen molar-refractivity contribution < 1.29 is 0 Å². The van der Waals surface area contributed by atoms with Crippen molar-refractivity contribution in [2.45, 2.75) is 19.6 Å². The van der Waals surface area contributed by atoms with Crippen molar-refractivity contribution in [2.75, 3.05) is 28.2 Å². The van der Waals surface area contributed by atoms with Crippen LogP contribution in [-0.4, -0.2) is 48.5 Å². The molecule has 0 saturated carbocycles. The van der Waals surface area contributed by atoms with Crippen LogP contribution in [-0.2, 0) is 26.7 Å². The molecule has 2 rings (SSSR count). The average molecular weight is 362 g/mol. The Morgan fingerprint density at radius 1 is 1.16 bits per heavy atom. The highest BCUT2D eigenvalue weighted by Gasteiger charge is 2.11. The number of nitrogens with zero attached hydrogens (tertiary/aromatic N) is 4. The number of hydrogen-bond donors (Lipinski definition) is 1. The first-order valence-electron chi connectivity index (χ1n) is 8.34. The molecule has 0 unspecified atom stereocenters. The van der Waals surface area contributed by atoms with Gasteiger partial charge in [0.05, 0.1) is 11.6 Å². The third-order valence-electron chi connectivity index (χ3n) is 4.09. The molecule has 0 fully saturated rings. The van der Waals surface area contributed by atoms with Gasteiger partial charge in [-0.2, -0.15) is 0 Å². The number of aromatic nitrogens is 1. The van der Waals surface area contributed by atoms with Gasteiger partial charge in [0, 0.05) is 46.1 Å². The number of halogens is 1. The lowest BCUT2D eigenvalue weighted by atomic mass is 10.1. The Morgan fingerprint density at radius 3 is 2.40 bits per heavy atom. The zero-order chi connectivity index (χ0) is 18.4. The molecular weight excluding hydrogens is 334 g/mol. The normalized spacial score (nSPS) is 11.9. The summed E-state index contributed by atoms with van der Waals surface area (Å²) in [6, 6.07) is 10.5. The van der Waals surface area contributed by atoms with Crippen molar-refractivity contribution in [3.05, 3.63) is 58.4 Å². The van der Waals surface area contributed by atoms with E-state index >= 15 is 0 Å². The largest absolute Gasteiger partial charge is 0.352 e. The molecule has 0 atom stereocenters. The molecule has 1 N–H and O–H groups in total. The summed E-state index contributed by atoms with van der Waals surface area (Å²) in [5.41, 5.74) is 3.75. The fourth-order valence-electron chi connectivity index (χ4n) is 2.83. The highest BCUT2D eigenvalue weighted by atomic mass is 35.5. The molecule has 2 aromatic rings. The summed E-state index contributed by atoms with van der Waals surface area (Å²) in [6.45, 7) is 2.41. The molecule has 0 aliphatic carbocycles. The molecule has 0 bridgehead atoms. The van der Waals surface area contributed by atoms with Crippen molar-refractivity contribution in [1.82, 2.24) is 19.7 Å². The lowest BCUT2D eigenvalue weighted by molar-refractivity contribution is 0.400. The second kappa shape index (κ2) is 8.92. The van der Waals surface area contributed by atoms with Crippen LogP contribution in [0.15, 0.2) is 41.5 Å². The van der Waals surface area contributed by atoms with Gasteiger partial charge in [0.2, 0.25) is 0 Å². The Kier molecular flexibility index (Phi) is 6.91. The summed E-state index contributed by atoms with van der Waals surface area (Å²) in [4.78, 5) is 8.68. The van der Waals surface area contributed by atoms with E-state index in [0.29, 0.717) is 0 Å². The monoisotopic (exact) mass is 361 g/mol. The highest BCUT2D eigenvalue weighted by molar-refractivity contribution is 6.30. The molecule has 1 aromatic heterocycles. The maximum absolute atomic E-state index is 6.07. The Hall–Kier alpha value is -1.98. The zero-order valence-corrected chi connectivity index (χ0v) is 16.5. The van der Waals surface area contributed by atoms with Crippen LogP contribution in [0.25, 0.3) is 0 Å². The Labute approximate surface area is 155 Å². The number of rotatable bonds is 6. The fourth-order valence-corrected chi connectivity index (χ4v) is 3.10. The summed E-state index contributed by atoms with van der Waals surface area (Å²) >= 11 is 6.07. The molecule has 1 heterocycles. The second-order valence-electron chi connectivity index (χ2n) is 6.52. The van der Waals surface area contributed by atoms with Gasteiger partial charge in [-0.3, -0.25) is 4.99 Å². The molecule has 0 saturated heterocycles. The Morgan fingerprint density at radius 2 is 1.84 bits per heavy atom. The van der Waals surface area contributed by atoms with Crippen LogP contribution in [0.2, 0.25) is 5.02 Å². The predicted molar refractivity (Wildman–Crippen MR) is 106 cm³/mol. The number of aryl methyl sites for hydroxylation is 1. The molecule has 0 amide bonds. The molecule has 6 heteroatoms. The highest BCUT2D eigenvalue weighted by Crippen LogP contribution is 2.14. The van der Waals surface area contributed by atoms with Gasteiger partial charge in [-0.05, 0) is 31.3 Å². The van der Waals surface area contributed by atoms with E-state index < -0.39 is 0 Å². The van der Waals surface area contributed by atoms with Crippen molar-refractivity contribution >= 4 is 17.6 Å². The van der Waals surface area contributed by atoms with Gasteiger partial charge in [-0.15, -0.1) is 0 Å². The number of nitrogens with one attached hydrogen (secondary N) is 1. The van der Waals surface area contributed by atoms with Crippen LogP contribution >= 0.6 is 11.6 Å². The minimum atomic E-state index is 0.738. The van der Waals surface area contributed by atoms with Gasteiger partial charge < -0.3 is 19.7 Å². The quantitative estimate of drug-likeness (QED) is 0.634. The summed E-state index contributed by atoms with van der Waals surface area (Å²) in [5, 5.41) is 4.22. The molecule has 25 heavy (non-hydrogen) atoms. The summed E-state index contributed by atoms with van der Waals surface area (Å²) < 4.78 is 2.04. The molecular formula is C19H28ClN5. The molecule has 136 valence electrons. The zero-order valence-electron chi connectivity index (χ0n) is 15.8. The van der Waals surface area contributed by atoms with Crippen molar-refractivity contribution in [2.24, 2.45) is 12.0 Å². The van der Waals surface area contributed by atoms with Crippen molar-refractivity contribution in [3.63, 3.8) is 0 Å². The lowest BCUT2D eigenvalue weighted by Crippen LogP contribution is -2.38. The molecule has 1 aromatic carbocycles. The average Bonchev–Trinajstić information content (AvgIpc) is 2.86. The van der Waals surface area contributed by atoms with Crippen molar-refractivity contribution in [3.8, 4) is 0 Å². The van der Waals surface area contributed by atoms with E-state index in [0.717, 1.165) is 36.3 Å². The van der Waals surface area contributed by atoms with E-state index in [-0.39, 0.29) is 0 Å². The van der Waals surface area contributed by atoms with Crippen LogP contribution in [0.4, 0.5) is 0 Å². The number of hydrogen-bond acceptors (Lipinski definition) is 2.